The SMILES string of the molecule is CCN(Cc1ccccc1NC(=O)C=Cc1cc(C)c(C)cc1C)C(C)=O. The number of nitrogens with one attached hydrogen (secondary N) is 1. The minimum absolute atomic E-state index is 0.0174. The third-order valence-electron chi connectivity index (χ3n) is 4.76. The Balaban J connectivity index is 2.14. The minimum Gasteiger partial charge on any atom is -0.339 e. The number of amides is 2. The summed E-state index contributed by atoms with van der Waals surface area (Å²) in [5.41, 5.74) is 6.27. The first kappa shape index (κ1) is 20.4. The van der Waals surface area contributed by atoms with E-state index in [1.54, 1.807) is 17.9 Å². The molecule has 0 unspecified atom stereocenters. The van der Waals surface area contributed by atoms with Gasteiger partial charge in [-0.2, -0.15) is 0 Å². The van der Waals surface area contributed by atoms with Gasteiger partial charge in [0.2, 0.25) is 11.8 Å². The van der Waals surface area contributed by atoms with Gasteiger partial charge in [0.25, 0.3) is 0 Å². The lowest BCUT2D eigenvalue weighted by molar-refractivity contribution is -0.129. The smallest absolute Gasteiger partial charge is 0.248 e. The van der Waals surface area contributed by atoms with E-state index in [2.05, 4.69) is 31.3 Å². The van der Waals surface area contributed by atoms with Crippen LogP contribution in [0.4, 0.5) is 5.69 Å². The quantitative estimate of drug-likeness (QED) is 0.760. The van der Waals surface area contributed by atoms with Crippen LogP contribution in [-0.4, -0.2) is 23.3 Å². The number of hydrogen-bond donors (Lipinski definition) is 1. The number of carbonyl (C=O) groups is 2. The molecule has 0 aliphatic carbocycles. The molecule has 0 fully saturated rings. The molecule has 0 saturated carbocycles. The molecule has 0 spiro atoms. The summed E-state index contributed by atoms with van der Waals surface area (Å²) in [6.07, 6.45) is 3.39. The lowest BCUT2D eigenvalue weighted by Crippen LogP contribution is -2.28. The molecule has 0 bridgehead atoms. The van der Waals surface area contributed by atoms with Crippen LogP contribution in [0.1, 0.15) is 41.7 Å². The molecule has 142 valence electrons. The Morgan fingerprint density at radius 1 is 1.04 bits per heavy atom. The van der Waals surface area contributed by atoms with Crippen molar-refractivity contribution in [1.29, 1.82) is 0 Å². The van der Waals surface area contributed by atoms with Gasteiger partial charge in [-0.25, -0.2) is 0 Å². The van der Waals surface area contributed by atoms with E-state index in [0.29, 0.717) is 13.1 Å². The maximum Gasteiger partial charge on any atom is 0.248 e. The van der Waals surface area contributed by atoms with Crippen LogP contribution in [0.5, 0.6) is 0 Å². The highest BCUT2D eigenvalue weighted by Crippen LogP contribution is 2.19. The van der Waals surface area contributed by atoms with Gasteiger partial charge in [0.1, 0.15) is 0 Å². The number of para-hydroxylation sites is 1. The third kappa shape index (κ3) is 5.55. The second-order valence-electron chi connectivity index (χ2n) is 6.81. The first-order chi connectivity index (χ1) is 12.8. The highest BCUT2D eigenvalue weighted by atomic mass is 16.2. The summed E-state index contributed by atoms with van der Waals surface area (Å²) in [4.78, 5) is 25.8. The van der Waals surface area contributed by atoms with Crippen LogP contribution in [0.25, 0.3) is 6.08 Å². The van der Waals surface area contributed by atoms with Gasteiger partial charge in [-0.1, -0.05) is 30.3 Å². The first-order valence-electron chi connectivity index (χ1n) is 9.22. The van der Waals surface area contributed by atoms with Crippen LogP contribution in [0.15, 0.2) is 42.5 Å². The van der Waals surface area contributed by atoms with Gasteiger partial charge >= 0.3 is 0 Å². The van der Waals surface area contributed by atoms with E-state index in [1.165, 1.54) is 11.1 Å². The average Bonchev–Trinajstić information content (AvgIpc) is 2.62. The molecule has 0 saturated heterocycles. The lowest BCUT2D eigenvalue weighted by Gasteiger charge is -2.20. The third-order valence-corrected chi connectivity index (χ3v) is 4.76. The largest absolute Gasteiger partial charge is 0.339 e. The molecule has 4 heteroatoms. The lowest BCUT2D eigenvalue weighted by atomic mass is 10.0. The van der Waals surface area contributed by atoms with Gasteiger partial charge in [0, 0.05) is 31.8 Å². The number of rotatable bonds is 6. The molecule has 2 rings (SSSR count). The standard InChI is InChI=1S/C23H28N2O2/c1-6-25(19(5)26)15-21-9-7-8-10-22(21)24-23(27)12-11-20-14-17(3)16(2)13-18(20)4/h7-14H,6,15H2,1-5H3,(H,24,27). The summed E-state index contributed by atoms with van der Waals surface area (Å²) >= 11 is 0. The summed E-state index contributed by atoms with van der Waals surface area (Å²) in [5.74, 6) is -0.172. The maximum absolute atomic E-state index is 12.4. The molecule has 0 aromatic heterocycles. The number of hydrogen-bond acceptors (Lipinski definition) is 2. The summed E-state index contributed by atoms with van der Waals surface area (Å²) in [6.45, 7) is 10.8. The second-order valence-corrected chi connectivity index (χ2v) is 6.81. The molecule has 4 nitrogen and oxygen atoms in total. The Bertz CT molecular complexity index is 869. The molecule has 2 aromatic rings. The zero-order chi connectivity index (χ0) is 20.0. The van der Waals surface area contributed by atoms with Crippen molar-refractivity contribution in [3.8, 4) is 0 Å². The van der Waals surface area contributed by atoms with Gasteiger partial charge in [0.15, 0.2) is 0 Å². The molecule has 0 radical (unpaired) electrons. The monoisotopic (exact) mass is 364 g/mol. The molecule has 2 aromatic carbocycles. The van der Waals surface area contributed by atoms with Gasteiger partial charge in [-0.15, -0.1) is 0 Å². The Morgan fingerprint density at radius 2 is 1.70 bits per heavy atom. The van der Waals surface area contributed by atoms with E-state index < -0.39 is 0 Å². The summed E-state index contributed by atoms with van der Waals surface area (Å²) in [5, 5.41) is 2.93. The van der Waals surface area contributed by atoms with Gasteiger partial charge in [-0.05, 0) is 67.7 Å². The minimum atomic E-state index is -0.189. The van der Waals surface area contributed by atoms with Crippen LogP contribution >= 0.6 is 0 Å². The molecule has 0 atom stereocenters. The van der Waals surface area contributed by atoms with Crippen molar-refractivity contribution >= 4 is 23.6 Å². The van der Waals surface area contributed by atoms with Crippen molar-refractivity contribution in [2.45, 2.75) is 41.2 Å². The topological polar surface area (TPSA) is 49.4 Å². The molecule has 0 aliphatic rings. The fraction of sp³-hybridized carbons (Fsp3) is 0.304. The molecule has 1 N–H and O–H groups in total. The summed E-state index contributed by atoms with van der Waals surface area (Å²) in [6, 6.07) is 11.8. The zero-order valence-electron chi connectivity index (χ0n) is 16.8. The molecule has 0 aliphatic heterocycles. The highest BCUT2D eigenvalue weighted by Gasteiger charge is 2.11. The normalized spacial score (nSPS) is 10.9. The van der Waals surface area contributed by atoms with Gasteiger partial charge in [-0.3, -0.25) is 9.59 Å². The molecule has 2 amide bonds. The van der Waals surface area contributed by atoms with Crippen LogP contribution in [-0.2, 0) is 16.1 Å². The van der Waals surface area contributed by atoms with Crippen molar-refractivity contribution in [3.63, 3.8) is 0 Å². The van der Waals surface area contributed by atoms with E-state index >= 15 is 0 Å². The number of aryl methyl sites for hydroxylation is 3. The Morgan fingerprint density at radius 3 is 2.37 bits per heavy atom. The van der Waals surface area contributed by atoms with Crippen molar-refractivity contribution < 1.29 is 9.59 Å². The van der Waals surface area contributed by atoms with Crippen LogP contribution < -0.4 is 5.32 Å². The highest BCUT2D eigenvalue weighted by molar-refractivity contribution is 6.02. The average molecular weight is 364 g/mol. The fourth-order valence-corrected chi connectivity index (χ4v) is 2.93. The zero-order valence-corrected chi connectivity index (χ0v) is 16.8. The van der Waals surface area contributed by atoms with Crippen molar-refractivity contribution in [2.24, 2.45) is 0 Å². The molecule has 0 heterocycles. The Labute approximate surface area is 161 Å². The van der Waals surface area contributed by atoms with Crippen molar-refractivity contribution in [1.82, 2.24) is 4.90 Å². The van der Waals surface area contributed by atoms with Crippen LogP contribution in [0, 0.1) is 20.8 Å². The first-order valence-corrected chi connectivity index (χ1v) is 9.22. The van der Waals surface area contributed by atoms with Gasteiger partial charge < -0.3 is 10.2 Å². The predicted molar refractivity (Wildman–Crippen MR) is 112 cm³/mol. The van der Waals surface area contributed by atoms with Gasteiger partial charge in [0.05, 0.1) is 0 Å². The van der Waals surface area contributed by atoms with E-state index in [0.717, 1.165) is 22.4 Å². The molecular formula is C23H28N2O2. The van der Waals surface area contributed by atoms with E-state index in [-0.39, 0.29) is 11.8 Å². The number of benzene rings is 2. The van der Waals surface area contributed by atoms with Crippen molar-refractivity contribution in [3.05, 3.63) is 70.3 Å². The molecule has 27 heavy (non-hydrogen) atoms. The van der Waals surface area contributed by atoms with Crippen molar-refractivity contribution in [2.75, 3.05) is 11.9 Å². The predicted octanol–water partition coefficient (Wildman–Crippen LogP) is 4.63. The maximum atomic E-state index is 12.4. The molecular weight excluding hydrogens is 336 g/mol. The van der Waals surface area contributed by atoms with E-state index in [1.807, 2.05) is 44.2 Å². The van der Waals surface area contributed by atoms with E-state index in [9.17, 15) is 9.59 Å². The van der Waals surface area contributed by atoms with E-state index in [4.69, 9.17) is 0 Å². The fourth-order valence-electron chi connectivity index (χ4n) is 2.93. The van der Waals surface area contributed by atoms with Crippen LogP contribution in [0.3, 0.4) is 0 Å². The number of nitrogens with zero attached hydrogens (tertiary/aromatic N) is 1. The number of anilines is 1. The Hall–Kier alpha value is -2.88. The summed E-state index contributed by atoms with van der Waals surface area (Å²) in [7, 11) is 0. The van der Waals surface area contributed by atoms with Crippen LogP contribution in [0.2, 0.25) is 0 Å². The number of carbonyl (C=O) groups excluding carboxylic acids is 2. The Kier molecular flexibility index (Phi) is 6.94. The second kappa shape index (κ2) is 9.17. The summed E-state index contributed by atoms with van der Waals surface area (Å²) < 4.78 is 0.